The lowest BCUT2D eigenvalue weighted by Gasteiger charge is -2.37. The van der Waals surface area contributed by atoms with Gasteiger partial charge < -0.3 is 14.8 Å². The van der Waals surface area contributed by atoms with Gasteiger partial charge in [0, 0.05) is 66.9 Å². The second-order valence-corrected chi connectivity index (χ2v) is 10.9. The second-order valence-electron chi connectivity index (χ2n) is 10.9. The van der Waals surface area contributed by atoms with Crippen molar-refractivity contribution in [3.63, 3.8) is 0 Å². The summed E-state index contributed by atoms with van der Waals surface area (Å²) in [5, 5.41) is 3.81. The van der Waals surface area contributed by atoms with Crippen LogP contribution in [0.25, 0.3) is 22.2 Å². The molecule has 3 aromatic heterocycles. The number of hydrogen-bond acceptors (Lipinski definition) is 6. The molecule has 0 aromatic carbocycles. The molecule has 1 aliphatic heterocycles. The number of fused-ring (bicyclic) bond motifs is 1. The molecule has 3 aliphatic rings. The first kappa shape index (κ1) is 27.0. The van der Waals surface area contributed by atoms with E-state index in [2.05, 4.69) is 21.0 Å². The van der Waals surface area contributed by atoms with E-state index >= 15 is 0 Å². The molecule has 0 bridgehead atoms. The monoisotopic (exact) mass is 561 g/mol. The Balaban J connectivity index is 1.30. The maximum Gasteiger partial charge on any atom is 0.434 e. The van der Waals surface area contributed by atoms with Gasteiger partial charge in [-0.3, -0.25) is 9.36 Å². The Bertz CT molecular complexity index is 1710. The zero-order valence-corrected chi connectivity index (χ0v) is 22.8. The van der Waals surface area contributed by atoms with Crippen molar-refractivity contribution in [2.24, 2.45) is 5.92 Å². The molecule has 0 amide bonds. The normalized spacial score (nSPS) is 18.3. The fourth-order valence-corrected chi connectivity index (χ4v) is 5.22. The van der Waals surface area contributed by atoms with Crippen LogP contribution in [-0.4, -0.2) is 56.2 Å². The van der Waals surface area contributed by atoms with Crippen LogP contribution in [-0.2, 0) is 12.7 Å². The topological polar surface area (TPSA) is 80.9 Å². The van der Waals surface area contributed by atoms with E-state index < -0.39 is 11.9 Å². The molecule has 11 heteroatoms. The Morgan fingerprint density at radius 1 is 1.20 bits per heavy atom. The lowest BCUT2D eigenvalue weighted by Crippen LogP contribution is -2.45. The molecule has 6 rings (SSSR count). The highest BCUT2D eigenvalue weighted by molar-refractivity contribution is 5.76. The van der Waals surface area contributed by atoms with Gasteiger partial charge in [0.15, 0.2) is 11.5 Å². The van der Waals surface area contributed by atoms with Crippen LogP contribution in [0.2, 0.25) is 0 Å². The molecule has 0 unspecified atom stereocenters. The van der Waals surface area contributed by atoms with Crippen molar-refractivity contribution < 1.29 is 13.2 Å². The zero-order chi connectivity index (χ0) is 28.7. The number of rotatable bonds is 8. The molecule has 4 heterocycles. The average Bonchev–Trinajstić information content (AvgIpc) is 3.68. The Morgan fingerprint density at radius 2 is 2.00 bits per heavy atom. The van der Waals surface area contributed by atoms with Gasteiger partial charge >= 0.3 is 6.18 Å². The molecule has 1 N–H and O–H groups in total. The number of allylic oxidation sites excluding steroid dienone is 6. The number of hydrogen-bond donors (Lipinski definition) is 1. The molecule has 2 fully saturated rings. The van der Waals surface area contributed by atoms with Crippen LogP contribution in [0.1, 0.15) is 42.6 Å². The Hall–Kier alpha value is -4.21. The standard InChI is InChI=1S/C30H30F3N7O/c1-34-13-23(12-19-6-7-19)27-35-14-22-10-11-26(41)40(29(22)37-27)15-20-4-3-5-21(9-8-20)28-36-25(30(31,32)33)18-39(28)24-16-38(2)17-24/h3,5,8-11,13-14,18-19,24,34H,6-7,12,15-17H2,1-2H3/b23-13+. The lowest BCUT2D eigenvalue weighted by atomic mass is 10.1. The number of nitrogens with zero attached hydrogens (tertiary/aromatic N) is 6. The van der Waals surface area contributed by atoms with E-state index in [-0.39, 0.29) is 24.0 Å². The third-order valence-electron chi connectivity index (χ3n) is 7.58. The number of pyridine rings is 1. The minimum absolute atomic E-state index is 0.0857. The van der Waals surface area contributed by atoms with E-state index in [4.69, 9.17) is 4.98 Å². The fourth-order valence-electron chi connectivity index (χ4n) is 5.22. The molecule has 0 atom stereocenters. The summed E-state index contributed by atoms with van der Waals surface area (Å²) in [6, 6.07) is 3.11. The molecule has 0 radical (unpaired) electrons. The number of likely N-dealkylation sites (tertiary alicyclic amines) is 1. The number of likely N-dealkylation sites (N-methyl/N-ethyl adjacent to an activating group) is 1. The third kappa shape index (κ3) is 5.68. The fraction of sp³-hybridized carbons (Fsp3) is 0.367. The van der Waals surface area contributed by atoms with Gasteiger partial charge in [0.05, 0.1) is 12.6 Å². The van der Waals surface area contributed by atoms with Crippen LogP contribution in [0.5, 0.6) is 0 Å². The summed E-state index contributed by atoms with van der Waals surface area (Å²) in [5.74, 6) is 1.47. The van der Waals surface area contributed by atoms with Crippen molar-refractivity contribution in [1.29, 1.82) is 0 Å². The highest BCUT2D eigenvalue weighted by Crippen LogP contribution is 2.37. The van der Waals surface area contributed by atoms with Crippen molar-refractivity contribution in [2.75, 3.05) is 27.2 Å². The average molecular weight is 562 g/mol. The molecule has 1 saturated carbocycles. The first-order chi connectivity index (χ1) is 19.7. The molecule has 41 heavy (non-hydrogen) atoms. The van der Waals surface area contributed by atoms with Crippen molar-refractivity contribution in [3.8, 4) is 0 Å². The molecule has 0 spiro atoms. The number of nitrogens with one attached hydrogen (secondary N) is 1. The van der Waals surface area contributed by atoms with Crippen molar-refractivity contribution in [2.45, 2.75) is 38.0 Å². The zero-order valence-electron chi connectivity index (χ0n) is 22.8. The molecular formula is C30H30F3N7O. The van der Waals surface area contributed by atoms with E-state index in [1.165, 1.54) is 18.9 Å². The maximum atomic E-state index is 13.5. The molecule has 212 valence electrons. The summed E-state index contributed by atoms with van der Waals surface area (Å²) in [6.45, 7) is 1.48. The van der Waals surface area contributed by atoms with Crippen LogP contribution in [0, 0.1) is 5.92 Å². The smallest absolute Gasteiger partial charge is 0.394 e. The van der Waals surface area contributed by atoms with Crippen LogP contribution in [0.3, 0.4) is 0 Å². The largest absolute Gasteiger partial charge is 0.434 e. The lowest BCUT2D eigenvalue weighted by molar-refractivity contribution is -0.141. The van der Waals surface area contributed by atoms with Crippen molar-refractivity contribution in [1.82, 2.24) is 34.3 Å². The number of aromatic nitrogens is 5. The van der Waals surface area contributed by atoms with Gasteiger partial charge in [0.2, 0.25) is 0 Å². The van der Waals surface area contributed by atoms with Gasteiger partial charge in [-0.2, -0.15) is 13.2 Å². The van der Waals surface area contributed by atoms with Crippen LogP contribution < -0.4 is 10.9 Å². The second kappa shape index (κ2) is 10.6. The summed E-state index contributed by atoms with van der Waals surface area (Å²) in [6.07, 6.45) is 10.3. The van der Waals surface area contributed by atoms with E-state index in [1.807, 2.05) is 25.2 Å². The van der Waals surface area contributed by atoms with E-state index in [0.29, 0.717) is 41.6 Å². The summed E-state index contributed by atoms with van der Waals surface area (Å²) >= 11 is 0. The summed E-state index contributed by atoms with van der Waals surface area (Å²) in [7, 11) is 3.76. The molecule has 1 saturated heterocycles. The van der Waals surface area contributed by atoms with Crippen molar-refractivity contribution in [3.05, 3.63) is 94.0 Å². The SMILES string of the molecule is CN/C=C(\CC1CC1)c1ncc2ccc(=O)n(CC3=C=CC=C(c4nc(C(F)(F)F)cn4C4CN(C)C4)C=C3)c2n1. The van der Waals surface area contributed by atoms with E-state index in [0.717, 1.165) is 23.6 Å². The predicted molar refractivity (Wildman–Crippen MR) is 151 cm³/mol. The molecule has 8 nitrogen and oxygen atoms in total. The van der Waals surface area contributed by atoms with E-state index in [1.54, 1.807) is 45.7 Å². The first-order valence-electron chi connectivity index (χ1n) is 13.6. The van der Waals surface area contributed by atoms with Gasteiger partial charge in [0.25, 0.3) is 5.56 Å². The number of halogens is 3. The minimum Gasteiger partial charge on any atom is -0.394 e. The highest BCUT2D eigenvalue weighted by Gasteiger charge is 2.37. The predicted octanol–water partition coefficient (Wildman–Crippen LogP) is 4.59. The van der Waals surface area contributed by atoms with Crippen LogP contribution in [0.15, 0.2) is 71.1 Å². The van der Waals surface area contributed by atoms with Crippen molar-refractivity contribution >= 4 is 22.2 Å². The van der Waals surface area contributed by atoms with Gasteiger partial charge in [-0.15, -0.1) is 5.73 Å². The summed E-state index contributed by atoms with van der Waals surface area (Å²) in [4.78, 5) is 28.4. The quantitative estimate of drug-likeness (QED) is 0.406. The minimum atomic E-state index is -4.54. The van der Waals surface area contributed by atoms with Crippen LogP contribution in [0.4, 0.5) is 13.2 Å². The van der Waals surface area contributed by atoms with Gasteiger partial charge in [-0.05, 0) is 56.5 Å². The van der Waals surface area contributed by atoms with Gasteiger partial charge in [-0.25, -0.2) is 15.0 Å². The molecule has 2 aliphatic carbocycles. The maximum absolute atomic E-state index is 13.5. The Kier molecular flexibility index (Phi) is 7.01. The Labute approximate surface area is 234 Å². The summed E-state index contributed by atoms with van der Waals surface area (Å²) in [5.41, 5.74) is 4.76. The number of alkyl halides is 3. The molecule has 3 aromatic rings. The van der Waals surface area contributed by atoms with Gasteiger partial charge in [0.1, 0.15) is 11.5 Å². The van der Waals surface area contributed by atoms with Crippen LogP contribution >= 0.6 is 0 Å². The summed E-state index contributed by atoms with van der Waals surface area (Å²) < 4.78 is 43.8. The number of imidazole rings is 1. The first-order valence-corrected chi connectivity index (χ1v) is 13.6. The highest BCUT2D eigenvalue weighted by atomic mass is 19.4. The van der Waals surface area contributed by atoms with E-state index in [9.17, 15) is 18.0 Å². The molecular weight excluding hydrogens is 531 g/mol. The Morgan fingerprint density at radius 3 is 2.71 bits per heavy atom. The third-order valence-corrected chi connectivity index (χ3v) is 7.58. The van der Waals surface area contributed by atoms with Gasteiger partial charge in [-0.1, -0.05) is 6.08 Å².